The van der Waals surface area contributed by atoms with E-state index in [-0.39, 0.29) is 21.3 Å². The fourth-order valence-electron chi connectivity index (χ4n) is 3.62. The number of hydrogen-bond acceptors (Lipinski definition) is 5. The molecule has 0 aromatic heterocycles. The van der Waals surface area contributed by atoms with Gasteiger partial charge in [0.1, 0.15) is 11.5 Å². The minimum absolute atomic E-state index is 0.127. The summed E-state index contributed by atoms with van der Waals surface area (Å²) < 4.78 is 70.3. The second kappa shape index (κ2) is 13.1. The molecule has 9 heteroatoms. The Morgan fingerprint density at radius 3 is 1.82 bits per heavy atom. The Morgan fingerprint density at radius 2 is 1.24 bits per heavy atom. The van der Waals surface area contributed by atoms with Crippen LogP contribution in [0.25, 0.3) is 0 Å². The van der Waals surface area contributed by atoms with Gasteiger partial charge in [-0.25, -0.2) is 0 Å². The van der Waals surface area contributed by atoms with Gasteiger partial charge in [0.25, 0.3) is 20.2 Å². The van der Waals surface area contributed by atoms with E-state index in [4.69, 9.17) is 4.74 Å². The van der Waals surface area contributed by atoms with Crippen molar-refractivity contribution in [3.8, 4) is 11.5 Å². The average molecular weight is 499 g/mol. The monoisotopic (exact) mass is 498 g/mol. The van der Waals surface area contributed by atoms with Crippen LogP contribution in [-0.4, -0.2) is 25.9 Å². The molecule has 0 radical (unpaired) electrons. The van der Waals surface area contributed by atoms with Crippen molar-refractivity contribution in [2.24, 2.45) is 0 Å². The fourth-order valence-corrected chi connectivity index (χ4v) is 4.64. The van der Waals surface area contributed by atoms with Gasteiger partial charge < -0.3 is 4.74 Å². The Morgan fingerprint density at radius 1 is 0.697 bits per heavy atom. The molecule has 2 N–H and O–H groups in total. The number of rotatable bonds is 15. The molecule has 0 fully saturated rings. The molecule has 2 aromatic carbocycles. The highest BCUT2D eigenvalue weighted by Crippen LogP contribution is 2.30. The second-order valence-electron chi connectivity index (χ2n) is 8.23. The smallest absolute Gasteiger partial charge is 0.294 e. The zero-order chi connectivity index (χ0) is 24.3. The molecule has 0 aliphatic carbocycles. The topological polar surface area (TPSA) is 118 Å². The molecule has 0 spiro atoms. The molecule has 0 atom stereocenters. The SMILES string of the molecule is CCCCCCCCCCCCc1ccc(S(=O)(=O)O)cc1Oc1cccc(S(=O)(=O)O)c1. The number of ether oxygens (including phenoxy) is 1. The van der Waals surface area contributed by atoms with Crippen LogP contribution in [0.1, 0.15) is 76.7 Å². The van der Waals surface area contributed by atoms with Crippen LogP contribution in [0.2, 0.25) is 0 Å². The van der Waals surface area contributed by atoms with E-state index in [1.807, 2.05) is 0 Å². The minimum Gasteiger partial charge on any atom is -0.457 e. The Kier molecular flexibility index (Phi) is 10.8. The second-order valence-corrected chi connectivity index (χ2v) is 11.1. The van der Waals surface area contributed by atoms with Crippen LogP contribution in [0.15, 0.2) is 52.3 Å². The first-order chi connectivity index (χ1) is 15.6. The maximum absolute atomic E-state index is 11.6. The van der Waals surface area contributed by atoms with Gasteiger partial charge in [-0.2, -0.15) is 16.8 Å². The highest BCUT2D eigenvalue weighted by molar-refractivity contribution is 7.86. The molecule has 0 heterocycles. The summed E-state index contributed by atoms with van der Waals surface area (Å²) in [5, 5.41) is 0. The van der Waals surface area contributed by atoms with Gasteiger partial charge in [-0.05, 0) is 36.6 Å². The third kappa shape index (κ3) is 9.83. The molecule has 0 saturated carbocycles. The van der Waals surface area contributed by atoms with E-state index in [2.05, 4.69) is 6.92 Å². The van der Waals surface area contributed by atoms with Crippen LogP contribution in [0.3, 0.4) is 0 Å². The summed E-state index contributed by atoms with van der Waals surface area (Å²) >= 11 is 0. The van der Waals surface area contributed by atoms with Gasteiger partial charge in [0.05, 0.1) is 9.79 Å². The van der Waals surface area contributed by atoms with Crippen LogP contribution >= 0.6 is 0 Å². The largest absolute Gasteiger partial charge is 0.457 e. The molecule has 33 heavy (non-hydrogen) atoms. The number of unbranched alkanes of at least 4 members (excludes halogenated alkanes) is 9. The Hall–Kier alpha value is -1.94. The lowest BCUT2D eigenvalue weighted by Crippen LogP contribution is -2.01. The molecule has 0 aliphatic heterocycles. The van der Waals surface area contributed by atoms with E-state index in [1.165, 1.54) is 75.3 Å². The molecule has 2 rings (SSSR count). The van der Waals surface area contributed by atoms with Gasteiger partial charge in [-0.15, -0.1) is 0 Å². The average Bonchev–Trinajstić information content (AvgIpc) is 2.75. The summed E-state index contributed by atoms with van der Waals surface area (Å²) in [6.07, 6.45) is 12.6. The first-order valence-corrected chi connectivity index (χ1v) is 14.3. The van der Waals surface area contributed by atoms with Gasteiger partial charge >= 0.3 is 0 Å². The van der Waals surface area contributed by atoms with Gasteiger partial charge in [-0.1, -0.05) is 76.8 Å². The summed E-state index contributed by atoms with van der Waals surface area (Å²) in [5.41, 5.74) is 0.749. The highest BCUT2D eigenvalue weighted by atomic mass is 32.2. The first-order valence-electron chi connectivity index (χ1n) is 11.5. The first kappa shape index (κ1) is 27.3. The van der Waals surface area contributed by atoms with E-state index >= 15 is 0 Å². The summed E-state index contributed by atoms with van der Waals surface area (Å²) in [5.74, 6) is 0.343. The molecule has 0 aliphatic rings. The Bertz CT molecular complexity index is 1090. The number of benzene rings is 2. The minimum atomic E-state index is -4.43. The molecule has 0 amide bonds. The lowest BCUT2D eigenvalue weighted by atomic mass is 10.0. The predicted molar refractivity (Wildman–Crippen MR) is 128 cm³/mol. The third-order valence-corrected chi connectivity index (χ3v) is 7.17. The van der Waals surface area contributed by atoms with Crippen LogP contribution in [0.4, 0.5) is 0 Å². The lowest BCUT2D eigenvalue weighted by Gasteiger charge is -2.13. The van der Waals surface area contributed by atoms with E-state index in [9.17, 15) is 25.9 Å². The van der Waals surface area contributed by atoms with Crippen molar-refractivity contribution in [3.05, 3.63) is 48.0 Å². The van der Waals surface area contributed by atoms with E-state index in [1.54, 1.807) is 6.07 Å². The van der Waals surface area contributed by atoms with E-state index in [0.29, 0.717) is 6.42 Å². The van der Waals surface area contributed by atoms with Gasteiger partial charge in [0.15, 0.2) is 0 Å². The molecule has 184 valence electrons. The van der Waals surface area contributed by atoms with Crippen LogP contribution < -0.4 is 4.74 Å². The summed E-state index contributed by atoms with van der Waals surface area (Å²) in [6.45, 7) is 2.21. The summed E-state index contributed by atoms with van der Waals surface area (Å²) in [4.78, 5) is -0.641. The normalized spacial score (nSPS) is 12.1. The molecular formula is C24H34O7S2. The maximum atomic E-state index is 11.6. The summed E-state index contributed by atoms with van der Waals surface area (Å²) in [7, 11) is -8.83. The molecule has 0 saturated heterocycles. The lowest BCUT2D eigenvalue weighted by molar-refractivity contribution is 0.462. The van der Waals surface area contributed by atoms with Gasteiger partial charge in [0.2, 0.25) is 0 Å². The molecule has 0 unspecified atom stereocenters. The van der Waals surface area contributed by atoms with Crippen molar-refractivity contribution in [3.63, 3.8) is 0 Å². The number of hydrogen-bond donors (Lipinski definition) is 2. The van der Waals surface area contributed by atoms with Crippen molar-refractivity contribution >= 4 is 20.2 Å². The van der Waals surface area contributed by atoms with E-state index < -0.39 is 20.2 Å². The highest BCUT2D eigenvalue weighted by Gasteiger charge is 2.16. The quantitative estimate of drug-likeness (QED) is 0.214. The van der Waals surface area contributed by atoms with Gasteiger partial charge in [0, 0.05) is 12.1 Å². The van der Waals surface area contributed by atoms with Crippen LogP contribution in [-0.2, 0) is 26.7 Å². The molecular weight excluding hydrogens is 464 g/mol. The standard InChI is InChI=1S/C24H34O7S2/c1-2-3-4-5-6-7-8-9-10-11-13-20-16-17-23(33(28,29)30)19-24(20)31-21-14-12-15-22(18-21)32(25,26)27/h12,14-19H,2-11,13H2,1H3,(H,25,26,27)(H,28,29,30). The third-order valence-electron chi connectivity index (χ3n) is 5.47. The molecule has 2 aromatic rings. The Labute approximate surface area is 197 Å². The zero-order valence-electron chi connectivity index (χ0n) is 19.1. The molecule has 7 nitrogen and oxygen atoms in total. The van der Waals surface area contributed by atoms with Crippen molar-refractivity contribution in [2.45, 2.75) is 87.3 Å². The van der Waals surface area contributed by atoms with E-state index in [0.717, 1.165) is 30.9 Å². The Balaban J connectivity index is 2.01. The van der Waals surface area contributed by atoms with Crippen LogP contribution in [0.5, 0.6) is 11.5 Å². The van der Waals surface area contributed by atoms with Gasteiger partial charge in [-0.3, -0.25) is 9.11 Å². The van der Waals surface area contributed by atoms with Crippen molar-refractivity contribution in [1.29, 1.82) is 0 Å². The van der Waals surface area contributed by atoms with Crippen molar-refractivity contribution in [2.75, 3.05) is 0 Å². The van der Waals surface area contributed by atoms with Crippen molar-refractivity contribution < 1.29 is 30.7 Å². The van der Waals surface area contributed by atoms with Crippen LogP contribution in [0, 0.1) is 0 Å². The summed E-state index contributed by atoms with van der Waals surface area (Å²) in [6, 6.07) is 9.43. The fraction of sp³-hybridized carbons (Fsp3) is 0.500. The number of aryl methyl sites for hydroxylation is 1. The zero-order valence-corrected chi connectivity index (χ0v) is 20.7. The van der Waals surface area contributed by atoms with Crippen molar-refractivity contribution in [1.82, 2.24) is 0 Å². The molecule has 0 bridgehead atoms. The maximum Gasteiger partial charge on any atom is 0.294 e. The predicted octanol–water partition coefficient (Wildman–Crippen LogP) is 6.44.